The minimum Gasteiger partial charge on any atom is -0.466 e. The number of amides is 1. The second-order valence-corrected chi connectivity index (χ2v) is 8.48. The SMILES string of the molecule is Cc1cc(-c2cc(C(=O)N3CCCC3c3cccs3)c3c(C)noc3n2)c(C)o1. The van der Waals surface area contributed by atoms with Crippen LogP contribution in [0.5, 0.6) is 0 Å². The van der Waals surface area contributed by atoms with Crippen molar-refractivity contribution in [3.63, 3.8) is 0 Å². The number of rotatable bonds is 3. The first-order valence-electron chi connectivity index (χ1n) is 9.71. The Bertz CT molecular complexity index is 1210. The van der Waals surface area contributed by atoms with Crippen molar-refractivity contribution >= 4 is 28.3 Å². The Hall–Kier alpha value is -2.93. The van der Waals surface area contributed by atoms with Gasteiger partial charge in [-0.25, -0.2) is 4.98 Å². The molecule has 0 aromatic carbocycles. The van der Waals surface area contributed by atoms with Crippen molar-refractivity contribution in [2.75, 3.05) is 6.54 Å². The van der Waals surface area contributed by atoms with E-state index in [9.17, 15) is 4.79 Å². The van der Waals surface area contributed by atoms with Crippen LogP contribution < -0.4 is 0 Å². The van der Waals surface area contributed by atoms with Gasteiger partial charge in [0.15, 0.2) is 0 Å². The van der Waals surface area contributed by atoms with Crippen molar-refractivity contribution in [1.29, 1.82) is 0 Å². The number of thiophene rings is 1. The number of fused-ring (bicyclic) bond motifs is 1. The number of hydrogen-bond acceptors (Lipinski definition) is 6. The van der Waals surface area contributed by atoms with E-state index in [1.165, 1.54) is 4.88 Å². The Morgan fingerprint density at radius 3 is 2.86 bits per heavy atom. The highest BCUT2D eigenvalue weighted by Gasteiger charge is 2.33. The van der Waals surface area contributed by atoms with Crippen LogP contribution in [-0.2, 0) is 0 Å². The molecular weight excluding hydrogens is 386 g/mol. The molecular formula is C22H21N3O3S. The molecule has 1 amide bonds. The average Bonchev–Trinajstić information content (AvgIpc) is 3.47. The Morgan fingerprint density at radius 2 is 2.14 bits per heavy atom. The minimum absolute atomic E-state index is 0.00119. The van der Waals surface area contributed by atoms with Crippen LogP contribution >= 0.6 is 11.3 Å². The van der Waals surface area contributed by atoms with Gasteiger partial charge in [-0.1, -0.05) is 11.2 Å². The van der Waals surface area contributed by atoms with Crippen molar-refractivity contribution in [3.05, 3.63) is 57.3 Å². The van der Waals surface area contributed by atoms with Crippen LogP contribution in [0.4, 0.5) is 0 Å². The minimum atomic E-state index is -0.00119. The predicted octanol–water partition coefficient (Wildman–Crippen LogP) is 5.45. The van der Waals surface area contributed by atoms with Gasteiger partial charge in [-0.05, 0) is 57.2 Å². The number of hydrogen-bond donors (Lipinski definition) is 0. The molecule has 7 heteroatoms. The van der Waals surface area contributed by atoms with Gasteiger partial charge < -0.3 is 13.8 Å². The average molecular weight is 407 g/mol. The number of likely N-dealkylation sites (tertiary alicyclic amines) is 1. The van der Waals surface area contributed by atoms with Crippen molar-refractivity contribution in [3.8, 4) is 11.3 Å². The molecule has 5 heterocycles. The number of carbonyl (C=O) groups is 1. The standard InChI is InChI=1S/C22H21N3O3S/c1-12-10-15(14(3)27-12)17-11-16(20-13(2)24-28-21(20)23-17)22(26)25-8-4-6-18(25)19-7-5-9-29-19/h5,7,9-11,18H,4,6,8H2,1-3H3. The van der Waals surface area contributed by atoms with Crippen LogP contribution in [0.1, 0.15) is 51.3 Å². The Morgan fingerprint density at radius 1 is 1.28 bits per heavy atom. The van der Waals surface area contributed by atoms with Gasteiger partial charge in [0.25, 0.3) is 11.6 Å². The Balaban J connectivity index is 1.64. The van der Waals surface area contributed by atoms with Crippen LogP contribution in [-0.4, -0.2) is 27.5 Å². The van der Waals surface area contributed by atoms with Crippen molar-refractivity contribution in [2.45, 2.75) is 39.7 Å². The monoisotopic (exact) mass is 407 g/mol. The molecule has 1 aliphatic heterocycles. The van der Waals surface area contributed by atoms with Gasteiger partial charge in [-0.15, -0.1) is 11.3 Å². The molecule has 0 N–H and O–H groups in total. The quantitative estimate of drug-likeness (QED) is 0.452. The van der Waals surface area contributed by atoms with Crippen LogP contribution in [0.3, 0.4) is 0 Å². The molecule has 4 aromatic heterocycles. The molecule has 148 valence electrons. The molecule has 0 saturated carbocycles. The second kappa shape index (κ2) is 6.84. The third-order valence-corrected chi connectivity index (χ3v) is 6.52. The van der Waals surface area contributed by atoms with Crippen molar-refractivity contribution < 1.29 is 13.7 Å². The summed E-state index contributed by atoms with van der Waals surface area (Å²) in [4.78, 5) is 21.5. The third kappa shape index (κ3) is 2.97. The van der Waals surface area contributed by atoms with E-state index in [1.807, 2.05) is 43.9 Å². The summed E-state index contributed by atoms with van der Waals surface area (Å²) in [6.45, 7) is 6.39. The molecule has 0 radical (unpaired) electrons. The number of nitrogens with zero attached hydrogens (tertiary/aromatic N) is 3. The zero-order valence-electron chi connectivity index (χ0n) is 16.6. The fourth-order valence-corrected chi connectivity index (χ4v) is 5.10. The number of pyridine rings is 1. The maximum absolute atomic E-state index is 13.7. The van der Waals surface area contributed by atoms with Crippen LogP contribution in [0.25, 0.3) is 22.4 Å². The highest BCUT2D eigenvalue weighted by atomic mass is 32.1. The predicted molar refractivity (Wildman–Crippen MR) is 111 cm³/mol. The summed E-state index contributed by atoms with van der Waals surface area (Å²) in [5, 5.41) is 6.82. The second-order valence-electron chi connectivity index (χ2n) is 7.50. The fourth-order valence-electron chi connectivity index (χ4n) is 4.23. The van der Waals surface area contributed by atoms with Crippen LogP contribution in [0.15, 0.2) is 38.6 Å². The highest BCUT2D eigenvalue weighted by Crippen LogP contribution is 2.37. The summed E-state index contributed by atoms with van der Waals surface area (Å²) in [5.74, 6) is 1.57. The first-order valence-corrected chi connectivity index (χ1v) is 10.6. The number of carbonyl (C=O) groups excluding carboxylic acids is 1. The van der Waals surface area contributed by atoms with E-state index in [0.29, 0.717) is 28.1 Å². The maximum Gasteiger partial charge on any atom is 0.259 e. The van der Waals surface area contributed by atoms with E-state index in [0.717, 1.165) is 36.5 Å². The maximum atomic E-state index is 13.7. The summed E-state index contributed by atoms with van der Waals surface area (Å²) in [6, 6.07) is 8.06. The lowest BCUT2D eigenvalue weighted by Crippen LogP contribution is -2.30. The van der Waals surface area contributed by atoms with Crippen LogP contribution in [0.2, 0.25) is 0 Å². The van der Waals surface area contributed by atoms with Gasteiger partial charge in [0.2, 0.25) is 0 Å². The molecule has 0 aliphatic carbocycles. The zero-order chi connectivity index (χ0) is 20.1. The molecule has 4 aromatic rings. The number of aryl methyl sites for hydroxylation is 3. The van der Waals surface area contributed by atoms with E-state index >= 15 is 0 Å². The van der Waals surface area contributed by atoms with Gasteiger partial charge in [0.05, 0.1) is 28.4 Å². The molecule has 1 fully saturated rings. The molecule has 1 aliphatic rings. The van der Waals surface area contributed by atoms with Gasteiger partial charge >= 0.3 is 0 Å². The first-order chi connectivity index (χ1) is 14.0. The lowest BCUT2D eigenvalue weighted by molar-refractivity contribution is 0.0739. The molecule has 0 spiro atoms. The molecule has 1 saturated heterocycles. The summed E-state index contributed by atoms with van der Waals surface area (Å²) >= 11 is 1.70. The van der Waals surface area contributed by atoms with Gasteiger partial charge in [-0.3, -0.25) is 4.79 Å². The van der Waals surface area contributed by atoms with Crippen molar-refractivity contribution in [2.24, 2.45) is 0 Å². The van der Waals surface area contributed by atoms with E-state index in [4.69, 9.17) is 8.94 Å². The summed E-state index contributed by atoms with van der Waals surface area (Å²) in [6.07, 6.45) is 1.98. The molecule has 0 bridgehead atoms. The lowest BCUT2D eigenvalue weighted by atomic mass is 10.0. The Labute approximate surface area is 172 Å². The van der Waals surface area contributed by atoms with Gasteiger partial charge in [0, 0.05) is 17.0 Å². The third-order valence-electron chi connectivity index (χ3n) is 5.55. The first kappa shape index (κ1) is 18.1. The largest absolute Gasteiger partial charge is 0.466 e. The molecule has 5 rings (SSSR count). The van der Waals surface area contributed by atoms with E-state index in [-0.39, 0.29) is 11.9 Å². The Kier molecular flexibility index (Phi) is 4.28. The van der Waals surface area contributed by atoms with Gasteiger partial charge in [0.1, 0.15) is 11.5 Å². The number of aromatic nitrogens is 2. The molecule has 1 atom stereocenters. The summed E-state index contributed by atoms with van der Waals surface area (Å²) in [7, 11) is 0. The summed E-state index contributed by atoms with van der Waals surface area (Å²) < 4.78 is 11.1. The molecule has 6 nitrogen and oxygen atoms in total. The zero-order valence-corrected chi connectivity index (χ0v) is 17.4. The topological polar surface area (TPSA) is 72.4 Å². The lowest BCUT2D eigenvalue weighted by Gasteiger charge is -2.24. The van der Waals surface area contributed by atoms with Crippen molar-refractivity contribution in [1.82, 2.24) is 15.0 Å². The molecule has 29 heavy (non-hydrogen) atoms. The molecule has 1 unspecified atom stereocenters. The highest BCUT2D eigenvalue weighted by molar-refractivity contribution is 7.10. The van der Waals surface area contributed by atoms with E-state index < -0.39 is 0 Å². The normalized spacial score (nSPS) is 16.8. The van der Waals surface area contributed by atoms with Crippen LogP contribution in [0, 0.1) is 20.8 Å². The van der Waals surface area contributed by atoms with E-state index in [2.05, 4.69) is 21.6 Å². The fraction of sp³-hybridized carbons (Fsp3) is 0.318. The van der Waals surface area contributed by atoms with E-state index in [1.54, 1.807) is 11.3 Å². The van der Waals surface area contributed by atoms with Gasteiger partial charge in [-0.2, -0.15) is 0 Å². The smallest absolute Gasteiger partial charge is 0.259 e. The number of furan rings is 1. The summed E-state index contributed by atoms with van der Waals surface area (Å²) in [5.41, 5.74) is 3.18.